The van der Waals surface area contributed by atoms with E-state index in [9.17, 15) is 9.59 Å². The molecule has 7 heteroatoms. The highest BCUT2D eigenvalue weighted by molar-refractivity contribution is 5.78. The Balaban J connectivity index is 2.30. The van der Waals surface area contributed by atoms with Crippen molar-refractivity contribution in [3.63, 3.8) is 0 Å². The fourth-order valence-electron chi connectivity index (χ4n) is 0.703. The van der Waals surface area contributed by atoms with Crippen LogP contribution in [-0.4, -0.2) is 37.1 Å². The van der Waals surface area contributed by atoms with E-state index in [0.29, 0.717) is 0 Å². The molecule has 1 aliphatic heterocycles. The first kappa shape index (κ1) is 8.47. The largest absolute Gasteiger partial charge is 0.354 e. The van der Waals surface area contributed by atoms with Gasteiger partial charge in [-0.25, -0.2) is 14.6 Å². The maximum absolute atomic E-state index is 10.6. The zero-order valence-electron chi connectivity index (χ0n) is 6.33. The normalized spacial score (nSPS) is 17.5. The van der Waals surface area contributed by atoms with Gasteiger partial charge in [-0.1, -0.05) is 0 Å². The molecule has 0 aromatic carbocycles. The molecule has 1 rings (SSSR count). The van der Waals surface area contributed by atoms with Crippen molar-refractivity contribution < 1.29 is 9.59 Å². The number of hydrogen-bond donors (Lipinski definition) is 3. The molecule has 4 amide bonds. The van der Waals surface area contributed by atoms with Crippen molar-refractivity contribution >= 4 is 18.8 Å². The first-order valence-corrected chi connectivity index (χ1v) is 3.26. The van der Waals surface area contributed by atoms with Gasteiger partial charge in [-0.3, -0.25) is 5.43 Å². The van der Waals surface area contributed by atoms with E-state index in [4.69, 9.17) is 0 Å². The first-order chi connectivity index (χ1) is 5.72. The molecular formula is C5H9N5O2. The van der Waals surface area contributed by atoms with Gasteiger partial charge in [-0.15, -0.1) is 0 Å². The van der Waals surface area contributed by atoms with Gasteiger partial charge in [0.2, 0.25) is 0 Å². The molecule has 0 aliphatic carbocycles. The van der Waals surface area contributed by atoms with Crippen LogP contribution in [0.1, 0.15) is 0 Å². The van der Waals surface area contributed by atoms with Crippen molar-refractivity contribution in [1.82, 2.24) is 21.1 Å². The number of hydrazine groups is 1. The molecular weight excluding hydrogens is 162 g/mol. The zero-order chi connectivity index (χ0) is 8.97. The van der Waals surface area contributed by atoms with Crippen LogP contribution in [0.4, 0.5) is 9.59 Å². The molecule has 3 N–H and O–H groups in total. The number of carbonyl (C=O) groups is 2. The van der Waals surface area contributed by atoms with E-state index in [2.05, 4.69) is 27.8 Å². The number of aliphatic imine (C=N–C) groups is 1. The molecule has 0 aromatic rings. The molecule has 0 aromatic heterocycles. The fraction of sp³-hybridized carbons (Fsp3) is 0.400. The molecule has 1 aliphatic rings. The van der Waals surface area contributed by atoms with Gasteiger partial charge in [0.15, 0.2) is 0 Å². The van der Waals surface area contributed by atoms with Gasteiger partial charge in [-0.05, 0) is 6.72 Å². The van der Waals surface area contributed by atoms with Crippen molar-refractivity contribution in [3.8, 4) is 0 Å². The van der Waals surface area contributed by atoms with E-state index in [1.165, 1.54) is 5.01 Å². The predicted molar refractivity (Wildman–Crippen MR) is 41.3 cm³/mol. The van der Waals surface area contributed by atoms with E-state index < -0.39 is 6.03 Å². The topological polar surface area (TPSA) is 85.8 Å². The van der Waals surface area contributed by atoms with Gasteiger partial charge >= 0.3 is 12.1 Å². The lowest BCUT2D eigenvalue weighted by Gasteiger charge is -2.26. The van der Waals surface area contributed by atoms with E-state index in [1.54, 1.807) is 0 Å². The molecule has 0 radical (unpaired) electrons. The van der Waals surface area contributed by atoms with Crippen LogP contribution in [-0.2, 0) is 0 Å². The first-order valence-electron chi connectivity index (χ1n) is 3.26. The highest BCUT2D eigenvalue weighted by Crippen LogP contribution is 1.84. The monoisotopic (exact) mass is 171 g/mol. The van der Waals surface area contributed by atoms with Crippen LogP contribution in [0.25, 0.3) is 0 Å². The number of rotatable bonds is 1. The van der Waals surface area contributed by atoms with Crippen LogP contribution in [0.5, 0.6) is 0 Å². The van der Waals surface area contributed by atoms with Crippen molar-refractivity contribution in [3.05, 3.63) is 0 Å². The smallest absolute Gasteiger partial charge is 0.324 e. The zero-order valence-corrected chi connectivity index (χ0v) is 6.33. The summed E-state index contributed by atoms with van der Waals surface area (Å²) in [5.41, 5.74) is 2.38. The van der Waals surface area contributed by atoms with Gasteiger partial charge < -0.3 is 10.6 Å². The highest BCUT2D eigenvalue weighted by atomic mass is 16.2. The molecule has 0 bridgehead atoms. The van der Waals surface area contributed by atoms with Crippen LogP contribution >= 0.6 is 0 Å². The van der Waals surface area contributed by atoms with Gasteiger partial charge in [0.25, 0.3) is 0 Å². The third-order valence-electron chi connectivity index (χ3n) is 1.26. The Morgan fingerprint density at radius 1 is 1.58 bits per heavy atom. The quantitative estimate of drug-likeness (QED) is 0.435. The third kappa shape index (κ3) is 2.20. The molecule has 1 heterocycles. The Morgan fingerprint density at radius 2 is 2.17 bits per heavy atom. The van der Waals surface area contributed by atoms with Crippen molar-refractivity contribution in [2.75, 3.05) is 13.3 Å². The van der Waals surface area contributed by atoms with Crippen molar-refractivity contribution in [2.45, 2.75) is 0 Å². The minimum Gasteiger partial charge on any atom is -0.324 e. The SMILES string of the molecule is C=NC(=O)NN1CNC(=O)NC1. The summed E-state index contributed by atoms with van der Waals surface area (Å²) in [4.78, 5) is 24.3. The average Bonchev–Trinajstić information content (AvgIpc) is 2.09. The van der Waals surface area contributed by atoms with Crippen molar-refractivity contribution in [2.24, 2.45) is 4.99 Å². The summed E-state index contributed by atoms with van der Waals surface area (Å²) < 4.78 is 0. The number of amides is 4. The molecule has 7 nitrogen and oxygen atoms in total. The number of urea groups is 2. The highest BCUT2D eigenvalue weighted by Gasteiger charge is 2.14. The molecule has 0 atom stereocenters. The van der Waals surface area contributed by atoms with Crippen LogP contribution in [0, 0.1) is 0 Å². The summed E-state index contributed by atoms with van der Waals surface area (Å²) in [7, 11) is 0. The number of carbonyl (C=O) groups excluding carboxylic acids is 2. The summed E-state index contributed by atoms with van der Waals surface area (Å²) in [6, 6.07) is -0.806. The summed E-state index contributed by atoms with van der Waals surface area (Å²) in [5, 5.41) is 6.38. The van der Waals surface area contributed by atoms with Gasteiger partial charge in [0.05, 0.1) is 13.3 Å². The van der Waals surface area contributed by atoms with Crippen LogP contribution in [0.3, 0.4) is 0 Å². The minimum atomic E-state index is -0.548. The fourth-order valence-corrected chi connectivity index (χ4v) is 0.703. The predicted octanol–water partition coefficient (Wildman–Crippen LogP) is -1.16. The Labute approximate surface area is 68.8 Å². The van der Waals surface area contributed by atoms with E-state index in [1.807, 2.05) is 0 Å². The van der Waals surface area contributed by atoms with E-state index >= 15 is 0 Å². The molecule has 0 spiro atoms. The molecule has 0 saturated carbocycles. The molecule has 66 valence electrons. The second-order valence-corrected chi connectivity index (χ2v) is 2.11. The number of nitrogens with one attached hydrogen (secondary N) is 3. The number of hydrogen-bond acceptors (Lipinski definition) is 3. The lowest BCUT2D eigenvalue weighted by atomic mass is 10.7. The third-order valence-corrected chi connectivity index (χ3v) is 1.26. The molecule has 1 saturated heterocycles. The average molecular weight is 171 g/mol. The van der Waals surface area contributed by atoms with Gasteiger partial charge in [-0.2, -0.15) is 5.01 Å². The molecule has 0 unspecified atom stereocenters. The van der Waals surface area contributed by atoms with Crippen LogP contribution in [0.2, 0.25) is 0 Å². The Morgan fingerprint density at radius 3 is 2.67 bits per heavy atom. The standard InChI is InChI=1S/C5H9N5O2/c1-6-4(11)9-10-2-7-5(12)8-3-10/h1-3H2,(H,9,11)(H2,7,8,12). The Bertz CT molecular complexity index is 206. The number of nitrogens with zero attached hydrogens (tertiary/aromatic N) is 2. The molecule has 1 fully saturated rings. The second kappa shape index (κ2) is 3.67. The van der Waals surface area contributed by atoms with E-state index in [0.717, 1.165) is 0 Å². The maximum atomic E-state index is 10.6. The summed E-state index contributed by atoms with van der Waals surface area (Å²) in [6.45, 7) is 3.56. The summed E-state index contributed by atoms with van der Waals surface area (Å²) >= 11 is 0. The second-order valence-electron chi connectivity index (χ2n) is 2.11. The maximum Gasteiger partial charge on any atom is 0.354 e. The Hall–Kier alpha value is -1.63. The Kier molecular flexibility index (Phi) is 2.59. The minimum absolute atomic E-state index is 0.257. The van der Waals surface area contributed by atoms with Crippen molar-refractivity contribution in [1.29, 1.82) is 0 Å². The van der Waals surface area contributed by atoms with E-state index in [-0.39, 0.29) is 19.4 Å². The van der Waals surface area contributed by atoms with Gasteiger partial charge in [0, 0.05) is 0 Å². The lowest BCUT2D eigenvalue weighted by Crippen LogP contribution is -2.59. The lowest BCUT2D eigenvalue weighted by molar-refractivity contribution is 0.143. The van der Waals surface area contributed by atoms with Gasteiger partial charge in [0.1, 0.15) is 0 Å². The summed E-state index contributed by atoms with van der Waals surface area (Å²) in [6.07, 6.45) is 0. The molecule has 12 heavy (non-hydrogen) atoms. The van der Waals surface area contributed by atoms with Crippen LogP contribution < -0.4 is 16.1 Å². The van der Waals surface area contributed by atoms with Crippen LogP contribution in [0.15, 0.2) is 4.99 Å². The summed E-state index contributed by atoms with van der Waals surface area (Å²) in [5.74, 6) is 0.